The van der Waals surface area contributed by atoms with Crippen LogP contribution in [0.3, 0.4) is 0 Å². The number of nitrogens with zero attached hydrogens (tertiary/aromatic N) is 2. The average molecular weight is 552 g/mol. The van der Waals surface area contributed by atoms with E-state index in [0.29, 0.717) is 17.3 Å². The van der Waals surface area contributed by atoms with Crippen molar-refractivity contribution in [2.75, 3.05) is 17.2 Å². The molecule has 9 nitrogen and oxygen atoms in total. The third-order valence-electron chi connectivity index (χ3n) is 5.27. The predicted octanol–water partition coefficient (Wildman–Crippen LogP) is 4.65. The molecule has 0 spiro atoms. The number of benzene rings is 2. The second kappa shape index (κ2) is 10.5. The van der Waals surface area contributed by atoms with Gasteiger partial charge in [-0.2, -0.15) is 0 Å². The van der Waals surface area contributed by atoms with Crippen molar-refractivity contribution in [3.63, 3.8) is 0 Å². The molecule has 1 atom stereocenters. The van der Waals surface area contributed by atoms with Gasteiger partial charge in [-0.15, -0.1) is 11.6 Å². The second-order valence-electron chi connectivity index (χ2n) is 7.97. The average Bonchev–Trinajstić information content (AvgIpc) is 3.26. The lowest BCUT2D eigenvalue weighted by atomic mass is 10.2. The number of urea groups is 1. The highest BCUT2D eigenvalue weighted by molar-refractivity contribution is 8.19. The quantitative estimate of drug-likeness (QED) is 0.365. The molecule has 0 radical (unpaired) electrons. The van der Waals surface area contributed by atoms with E-state index in [1.165, 1.54) is 18.2 Å². The lowest BCUT2D eigenvalue weighted by molar-refractivity contribution is 0.256. The number of hydrogen-bond donors (Lipinski definition) is 3. The number of allylic oxidation sites excluding steroid dienone is 1. The van der Waals surface area contributed by atoms with Gasteiger partial charge in [0.15, 0.2) is 0 Å². The first-order valence-electron chi connectivity index (χ1n) is 11.0. The van der Waals surface area contributed by atoms with Crippen molar-refractivity contribution in [1.82, 2.24) is 14.3 Å². The van der Waals surface area contributed by atoms with Crippen molar-refractivity contribution in [2.45, 2.75) is 31.4 Å². The van der Waals surface area contributed by atoms with Crippen LogP contribution in [-0.2, 0) is 10.0 Å². The normalized spacial score (nSPS) is 15.6. The molecule has 0 bridgehead atoms. The van der Waals surface area contributed by atoms with Gasteiger partial charge >= 0.3 is 6.03 Å². The number of anilines is 2. The highest BCUT2D eigenvalue weighted by Crippen LogP contribution is 2.37. The Morgan fingerprint density at radius 3 is 2.67 bits per heavy atom. The molecule has 3 aromatic rings. The van der Waals surface area contributed by atoms with E-state index in [9.17, 15) is 18.0 Å². The summed E-state index contributed by atoms with van der Waals surface area (Å²) in [5.41, 5.74) is 0.823. The minimum absolute atomic E-state index is 0.00156. The minimum atomic E-state index is -4.09. The summed E-state index contributed by atoms with van der Waals surface area (Å²) in [5, 5.41) is 5.85. The van der Waals surface area contributed by atoms with Crippen LogP contribution >= 0.6 is 23.4 Å². The number of aryl methyl sites for hydroxylation is 1. The van der Waals surface area contributed by atoms with Gasteiger partial charge in [0.2, 0.25) is 0 Å². The first-order chi connectivity index (χ1) is 17.1. The third kappa shape index (κ3) is 5.50. The van der Waals surface area contributed by atoms with E-state index in [4.69, 9.17) is 11.6 Å². The Balaban J connectivity index is 1.57. The molecule has 0 saturated heterocycles. The van der Waals surface area contributed by atoms with Crippen LogP contribution in [0.2, 0.25) is 0 Å². The molecule has 2 amide bonds. The summed E-state index contributed by atoms with van der Waals surface area (Å²) in [6.45, 7) is 4.42. The maximum absolute atomic E-state index is 15.1. The van der Waals surface area contributed by atoms with Gasteiger partial charge in [-0.1, -0.05) is 24.8 Å². The minimum Gasteiger partial charge on any atom is -0.385 e. The van der Waals surface area contributed by atoms with Gasteiger partial charge in [0.1, 0.15) is 15.9 Å². The highest BCUT2D eigenvalue weighted by Gasteiger charge is 2.28. The fourth-order valence-corrected chi connectivity index (χ4v) is 6.50. The second-order valence-corrected chi connectivity index (χ2v) is 11.9. The molecule has 1 unspecified atom stereocenters. The van der Waals surface area contributed by atoms with Gasteiger partial charge in [-0.25, -0.2) is 27.3 Å². The van der Waals surface area contributed by atoms with E-state index >= 15 is 4.39 Å². The van der Waals surface area contributed by atoms with E-state index in [-0.39, 0.29) is 21.4 Å². The van der Waals surface area contributed by atoms with Gasteiger partial charge in [-0.05, 0) is 56.2 Å². The Bertz CT molecular complexity index is 1540. The number of amides is 2. The number of hydrogen-bond acceptors (Lipinski definition) is 7. The van der Waals surface area contributed by atoms with Gasteiger partial charge in [-0.3, -0.25) is 9.36 Å². The van der Waals surface area contributed by atoms with Crippen LogP contribution in [0.25, 0.3) is 16.6 Å². The fraction of sp³-hybridized carbons (Fsp3) is 0.261. The van der Waals surface area contributed by atoms with Crippen molar-refractivity contribution in [3.05, 3.63) is 68.7 Å². The summed E-state index contributed by atoms with van der Waals surface area (Å²) in [6, 6.07) is 7.78. The molecule has 190 valence electrons. The molecule has 4 rings (SSSR count). The van der Waals surface area contributed by atoms with Crippen LogP contribution in [0.4, 0.5) is 20.6 Å². The Hall–Kier alpha value is -3.09. The van der Waals surface area contributed by atoms with Crippen molar-refractivity contribution in [1.29, 1.82) is 0 Å². The lowest BCUT2D eigenvalue weighted by Crippen LogP contribution is -2.34. The summed E-state index contributed by atoms with van der Waals surface area (Å²) < 4.78 is 42.2. The molecule has 0 saturated carbocycles. The monoisotopic (exact) mass is 551 g/mol. The number of fused-ring (bicyclic) bond motifs is 1. The maximum Gasteiger partial charge on any atom is 0.333 e. The molecule has 1 aliphatic rings. The number of rotatable bonds is 7. The van der Waals surface area contributed by atoms with Gasteiger partial charge in [0.05, 0.1) is 21.3 Å². The van der Waals surface area contributed by atoms with Crippen LogP contribution < -0.4 is 20.9 Å². The fourth-order valence-electron chi connectivity index (χ4n) is 3.64. The van der Waals surface area contributed by atoms with Gasteiger partial charge in [0, 0.05) is 17.9 Å². The number of nitrogens with one attached hydrogen (secondary N) is 3. The summed E-state index contributed by atoms with van der Waals surface area (Å²) in [7, 11) is -4.09. The third-order valence-corrected chi connectivity index (χ3v) is 8.66. The smallest absolute Gasteiger partial charge is 0.333 e. The zero-order chi connectivity index (χ0) is 26.0. The molecule has 2 heterocycles. The van der Waals surface area contributed by atoms with Crippen LogP contribution in [0.5, 0.6) is 0 Å². The van der Waals surface area contributed by atoms with Crippen molar-refractivity contribution in [3.8, 4) is 5.69 Å². The van der Waals surface area contributed by atoms with Crippen LogP contribution in [0, 0.1) is 12.7 Å². The largest absolute Gasteiger partial charge is 0.385 e. The summed E-state index contributed by atoms with van der Waals surface area (Å²) in [5.74, 6) is -0.522. The molecule has 3 N–H and O–H groups in total. The SMILES string of the molecule is CCCNc1ccc2c(=O)n(-c3ccc(NC(=O)NS(=O)(=O)C4=CCC(Cl)S4)cc3F)c(C)nc2c1. The van der Waals surface area contributed by atoms with Crippen molar-refractivity contribution in [2.24, 2.45) is 0 Å². The topological polar surface area (TPSA) is 122 Å². The highest BCUT2D eigenvalue weighted by atomic mass is 35.5. The molecule has 1 aliphatic heterocycles. The van der Waals surface area contributed by atoms with E-state index in [1.54, 1.807) is 25.1 Å². The zero-order valence-electron chi connectivity index (χ0n) is 19.3. The Morgan fingerprint density at radius 2 is 2.00 bits per heavy atom. The predicted molar refractivity (Wildman–Crippen MR) is 142 cm³/mol. The zero-order valence-corrected chi connectivity index (χ0v) is 21.7. The number of aromatic nitrogens is 2. The van der Waals surface area contributed by atoms with E-state index in [0.717, 1.165) is 41.0 Å². The summed E-state index contributed by atoms with van der Waals surface area (Å²) in [6.07, 6.45) is 2.72. The molecule has 0 aliphatic carbocycles. The molecule has 0 fully saturated rings. The van der Waals surface area contributed by atoms with Crippen LogP contribution in [0.15, 0.2) is 51.5 Å². The van der Waals surface area contributed by atoms with E-state index in [2.05, 4.69) is 15.6 Å². The van der Waals surface area contributed by atoms with Crippen molar-refractivity contribution < 1.29 is 17.6 Å². The van der Waals surface area contributed by atoms with Crippen molar-refractivity contribution >= 4 is 61.7 Å². The number of halogens is 2. The number of sulfonamides is 1. The maximum atomic E-state index is 15.1. The Kier molecular flexibility index (Phi) is 7.57. The Morgan fingerprint density at radius 1 is 1.25 bits per heavy atom. The van der Waals surface area contributed by atoms with Gasteiger partial charge < -0.3 is 10.6 Å². The van der Waals surface area contributed by atoms with Crippen LogP contribution in [0.1, 0.15) is 25.6 Å². The molecule has 1 aromatic heterocycles. The molecule has 13 heteroatoms. The molecule has 36 heavy (non-hydrogen) atoms. The lowest BCUT2D eigenvalue weighted by Gasteiger charge is -2.14. The molecular weight excluding hydrogens is 529 g/mol. The number of carbonyl (C=O) groups is 1. The number of alkyl halides is 1. The standard InChI is InChI=1S/C23H23ClFN5O4S2/c1-3-10-26-14-4-6-16-18(12-14)27-13(2)30(22(16)31)19-7-5-15(11-17(19)25)28-23(32)29-36(33,34)21-9-8-20(24)35-21/h4-7,9,11-12,20,26H,3,8,10H2,1-2H3,(H2,28,29,32). The van der Waals surface area contributed by atoms with Crippen LogP contribution in [-0.4, -0.2) is 35.3 Å². The Labute approximate surface area is 216 Å². The summed E-state index contributed by atoms with van der Waals surface area (Å²) >= 11 is 6.81. The molecular formula is C23H23ClFN5O4S2. The summed E-state index contributed by atoms with van der Waals surface area (Å²) in [4.78, 5) is 29.9. The first-order valence-corrected chi connectivity index (χ1v) is 13.8. The molecule has 2 aromatic carbocycles. The van der Waals surface area contributed by atoms with E-state index in [1.807, 2.05) is 11.6 Å². The number of thioether (sulfide) groups is 1. The van der Waals surface area contributed by atoms with Gasteiger partial charge in [0.25, 0.3) is 15.6 Å². The first kappa shape index (κ1) is 26.0. The number of carbonyl (C=O) groups excluding carboxylic acids is 1. The van der Waals surface area contributed by atoms with E-state index < -0.39 is 32.1 Å².